The summed E-state index contributed by atoms with van der Waals surface area (Å²) in [4.78, 5) is -0.580. The number of hydrogen-bond acceptors (Lipinski definition) is 4. The van der Waals surface area contributed by atoms with E-state index in [2.05, 4.69) is 20.7 Å². The minimum absolute atomic E-state index is 0.0168. The van der Waals surface area contributed by atoms with Crippen LogP contribution in [0.2, 0.25) is 5.02 Å². The van der Waals surface area contributed by atoms with Crippen molar-refractivity contribution in [3.05, 3.63) is 21.4 Å². The first-order valence-corrected chi connectivity index (χ1v) is 8.89. The van der Waals surface area contributed by atoms with Gasteiger partial charge in [-0.1, -0.05) is 18.5 Å². The Morgan fingerprint density at radius 2 is 2.19 bits per heavy atom. The largest absolute Gasteiger partial charge is 0.396 e. The third kappa shape index (κ3) is 4.79. The number of benzene rings is 1. The van der Waals surface area contributed by atoms with E-state index in [1.807, 2.05) is 6.92 Å². The van der Waals surface area contributed by atoms with E-state index < -0.39 is 20.7 Å². The summed E-state index contributed by atoms with van der Waals surface area (Å²) in [7, 11) is -4.03. The second-order valence-corrected chi connectivity index (χ2v) is 7.66. The quantitative estimate of drug-likeness (QED) is 0.370. The summed E-state index contributed by atoms with van der Waals surface area (Å²) in [5.74, 6) is -0.952. The zero-order valence-corrected chi connectivity index (χ0v) is 14.5. The van der Waals surface area contributed by atoms with Crippen molar-refractivity contribution in [1.29, 1.82) is 0 Å². The van der Waals surface area contributed by atoms with Gasteiger partial charge in [0.2, 0.25) is 10.0 Å². The molecule has 0 aliphatic carbocycles. The van der Waals surface area contributed by atoms with Gasteiger partial charge in [-0.15, -0.1) is 0 Å². The minimum Gasteiger partial charge on any atom is -0.396 e. The van der Waals surface area contributed by atoms with E-state index in [1.54, 1.807) is 0 Å². The van der Waals surface area contributed by atoms with E-state index in [9.17, 15) is 12.8 Å². The van der Waals surface area contributed by atoms with Gasteiger partial charge in [0.25, 0.3) is 0 Å². The fourth-order valence-electron chi connectivity index (χ4n) is 1.62. The predicted molar refractivity (Wildman–Crippen MR) is 84.2 cm³/mol. The lowest BCUT2D eigenvalue weighted by Gasteiger charge is -2.12. The van der Waals surface area contributed by atoms with Crippen molar-refractivity contribution >= 4 is 43.2 Å². The van der Waals surface area contributed by atoms with Gasteiger partial charge < -0.3 is 10.8 Å². The van der Waals surface area contributed by atoms with Gasteiger partial charge in [0.15, 0.2) is 5.82 Å². The first-order valence-electron chi connectivity index (χ1n) is 6.24. The number of halogens is 3. The molecule has 0 saturated heterocycles. The molecule has 0 aliphatic rings. The van der Waals surface area contributed by atoms with Crippen LogP contribution in [-0.4, -0.2) is 26.7 Å². The normalized spacial score (nSPS) is 13.4. The van der Waals surface area contributed by atoms with E-state index in [0.29, 0.717) is 12.8 Å². The standard InChI is InChI=1S/C12H17BrClFN2O3S/c1-7(6-18)3-2-4-17-21(19,20)9-5-8(14)10(13)12(16)11(9)15/h5,7,17-18H,2-4,6,16H2,1H3. The molecule has 9 heteroatoms. The van der Waals surface area contributed by atoms with Gasteiger partial charge in [-0.3, -0.25) is 0 Å². The fraction of sp³-hybridized carbons (Fsp3) is 0.500. The van der Waals surface area contributed by atoms with Crippen molar-refractivity contribution in [3.8, 4) is 0 Å². The van der Waals surface area contributed by atoms with Gasteiger partial charge in [0.05, 0.1) is 15.2 Å². The van der Waals surface area contributed by atoms with E-state index in [1.165, 1.54) is 0 Å². The molecule has 1 rings (SSSR count). The lowest BCUT2D eigenvalue weighted by Crippen LogP contribution is -2.26. The van der Waals surface area contributed by atoms with Crippen LogP contribution >= 0.6 is 27.5 Å². The highest BCUT2D eigenvalue weighted by Crippen LogP contribution is 2.34. The highest BCUT2D eigenvalue weighted by molar-refractivity contribution is 9.10. The average molecular weight is 404 g/mol. The second kappa shape index (κ2) is 7.73. The SMILES string of the molecule is CC(CO)CCCNS(=O)(=O)c1cc(Cl)c(Br)c(N)c1F. The van der Waals surface area contributed by atoms with Crippen LogP contribution in [-0.2, 0) is 10.0 Å². The van der Waals surface area contributed by atoms with Crippen LogP contribution in [0.3, 0.4) is 0 Å². The first kappa shape index (κ1) is 18.6. The van der Waals surface area contributed by atoms with Gasteiger partial charge in [0, 0.05) is 13.2 Å². The number of anilines is 1. The van der Waals surface area contributed by atoms with E-state index in [4.69, 9.17) is 22.4 Å². The van der Waals surface area contributed by atoms with Gasteiger partial charge in [-0.2, -0.15) is 0 Å². The summed E-state index contributed by atoms with van der Waals surface area (Å²) >= 11 is 8.79. The molecule has 0 fully saturated rings. The fourth-order valence-corrected chi connectivity index (χ4v) is 3.37. The highest BCUT2D eigenvalue weighted by Gasteiger charge is 2.23. The van der Waals surface area contributed by atoms with Crippen molar-refractivity contribution in [2.24, 2.45) is 5.92 Å². The topological polar surface area (TPSA) is 92.4 Å². The number of aliphatic hydroxyl groups excluding tert-OH is 1. The lowest BCUT2D eigenvalue weighted by atomic mass is 10.1. The Labute approximate surface area is 136 Å². The molecule has 1 aromatic rings. The Morgan fingerprint density at radius 3 is 2.76 bits per heavy atom. The molecule has 1 aromatic carbocycles. The molecule has 21 heavy (non-hydrogen) atoms. The molecule has 0 amide bonds. The van der Waals surface area contributed by atoms with Crippen molar-refractivity contribution in [1.82, 2.24) is 4.72 Å². The molecule has 4 N–H and O–H groups in total. The number of nitrogens with two attached hydrogens (primary N) is 1. The molecule has 1 atom stereocenters. The molecule has 0 saturated carbocycles. The number of sulfonamides is 1. The summed E-state index contributed by atoms with van der Waals surface area (Å²) in [6, 6.07) is 1.01. The molecule has 0 bridgehead atoms. The second-order valence-electron chi connectivity index (χ2n) is 4.73. The van der Waals surface area contributed by atoms with Crippen LogP contribution in [0.1, 0.15) is 19.8 Å². The zero-order chi connectivity index (χ0) is 16.2. The Morgan fingerprint density at radius 1 is 1.57 bits per heavy atom. The molecule has 0 spiro atoms. The van der Waals surface area contributed by atoms with Gasteiger partial charge in [0.1, 0.15) is 4.90 Å². The Balaban J connectivity index is 2.85. The maximum atomic E-state index is 14.0. The van der Waals surface area contributed by atoms with Gasteiger partial charge in [-0.25, -0.2) is 17.5 Å². The number of nitrogens with one attached hydrogen (secondary N) is 1. The first-order chi connectivity index (χ1) is 9.70. The van der Waals surface area contributed by atoms with Crippen molar-refractivity contribution < 1.29 is 17.9 Å². The summed E-state index contributed by atoms with van der Waals surface area (Å²) < 4.78 is 40.5. The lowest BCUT2D eigenvalue weighted by molar-refractivity contribution is 0.228. The van der Waals surface area contributed by atoms with Crippen LogP contribution in [0.5, 0.6) is 0 Å². The summed E-state index contributed by atoms with van der Waals surface area (Å²) in [5.41, 5.74) is 5.12. The van der Waals surface area contributed by atoms with Crippen LogP contribution in [0.15, 0.2) is 15.4 Å². The molecule has 0 heterocycles. The van der Waals surface area contributed by atoms with Crippen LogP contribution in [0.25, 0.3) is 0 Å². The molecular weight excluding hydrogens is 387 g/mol. The predicted octanol–water partition coefficient (Wildman–Crippen LogP) is 2.51. The van der Waals surface area contributed by atoms with Crippen LogP contribution in [0.4, 0.5) is 10.1 Å². The van der Waals surface area contributed by atoms with Crippen molar-refractivity contribution in [3.63, 3.8) is 0 Å². The maximum Gasteiger partial charge on any atom is 0.243 e. The summed E-state index contributed by atoms with van der Waals surface area (Å²) in [6.45, 7) is 2.03. The Hall–Kier alpha value is -0.410. The molecule has 0 aromatic heterocycles. The van der Waals surface area contributed by atoms with Crippen LogP contribution in [0, 0.1) is 11.7 Å². The number of aliphatic hydroxyl groups is 1. The van der Waals surface area contributed by atoms with Crippen molar-refractivity contribution in [2.75, 3.05) is 18.9 Å². The highest BCUT2D eigenvalue weighted by atomic mass is 79.9. The van der Waals surface area contributed by atoms with Gasteiger partial charge in [-0.05, 0) is 40.8 Å². The van der Waals surface area contributed by atoms with E-state index in [-0.39, 0.29) is 34.3 Å². The minimum atomic E-state index is -4.03. The summed E-state index contributed by atoms with van der Waals surface area (Å²) in [6.07, 6.45) is 1.19. The van der Waals surface area contributed by atoms with Gasteiger partial charge >= 0.3 is 0 Å². The molecule has 5 nitrogen and oxygen atoms in total. The Bertz CT molecular complexity index is 613. The van der Waals surface area contributed by atoms with E-state index in [0.717, 1.165) is 6.07 Å². The third-order valence-corrected chi connectivity index (χ3v) is 5.76. The Kier molecular flexibility index (Phi) is 6.86. The average Bonchev–Trinajstić information content (AvgIpc) is 2.44. The van der Waals surface area contributed by atoms with Crippen LogP contribution < -0.4 is 10.5 Å². The molecule has 120 valence electrons. The third-order valence-electron chi connectivity index (χ3n) is 2.92. The molecule has 1 unspecified atom stereocenters. The van der Waals surface area contributed by atoms with Crippen molar-refractivity contribution in [2.45, 2.75) is 24.7 Å². The summed E-state index contributed by atoms with van der Waals surface area (Å²) in [5, 5.41) is 8.89. The number of hydrogen-bond donors (Lipinski definition) is 3. The number of nitrogen functional groups attached to an aromatic ring is 1. The molecular formula is C12H17BrClFN2O3S. The molecule has 0 aliphatic heterocycles. The van der Waals surface area contributed by atoms with E-state index >= 15 is 0 Å². The number of rotatable bonds is 7. The zero-order valence-electron chi connectivity index (χ0n) is 11.4. The monoisotopic (exact) mass is 402 g/mol. The molecule has 0 radical (unpaired) electrons. The smallest absolute Gasteiger partial charge is 0.243 e. The maximum absolute atomic E-state index is 14.0.